The molecule has 3 aromatic rings. The molecule has 2 N–H and O–H groups in total. The number of fused-ring (bicyclic) bond motifs is 1. The zero-order valence-corrected chi connectivity index (χ0v) is 15.5. The molecule has 0 unspecified atom stereocenters. The Morgan fingerprint density at radius 2 is 2.00 bits per heavy atom. The highest BCUT2D eigenvalue weighted by atomic mass is 19.1. The SMILES string of the molecule is O=C(NCCn1nc2c(cc1=O)CCCC2)c1cc(-c2ccc(F)cc2F)n[nH]1. The van der Waals surface area contributed by atoms with Crippen LogP contribution in [0.25, 0.3) is 11.3 Å². The first-order chi connectivity index (χ1) is 14.0. The molecule has 4 rings (SSSR count). The van der Waals surface area contributed by atoms with Gasteiger partial charge in [0.15, 0.2) is 0 Å². The number of hydrogen-bond acceptors (Lipinski definition) is 4. The van der Waals surface area contributed by atoms with Gasteiger partial charge in [0.2, 0.25) is 0 Å². The topological polar surface area (TPSA) is 92.7 Å². The van der Waals surface area contributed by atoms with E-state index in [1.807, 2.05) is 0 Å². The Bertz CT molecular complexity index is 1120. The van der Waals surface area contributed by atoms with Crippen molar-refractivity contribution >= 4 is 5.91 Å². The average molecular weight is 399 g/mol. The minimum Gasteiger partial charge on any atom is -0.349 e. The minimum atomic E-state index is -0.763. The molecule has 1 aliphatic rings. The van der Waals surface area contributed by atoms with Gasteiger partial charge in [-0.05, 0) is 49.4 Å². The standard InChI is InChI=1S/C20H19F2N5O2/c21-13-5-6-14(15(22)10-13)17-11-18(25-24-17)20(29)23-7-8-27-19(28)9-12-3-1-2-4-16(12)26-27/h5-6,9-11H,1-4,7-8H2,(H,23,29)(H,24,25). The van der Waals surface area contributed by atoms with Crippen LogP contribution in [0.15, 0.2) is 35.1 Å². The Labute approximate surface area is 164 Å². The van der Waals surface area contributed by atoms with Crippen LogP contribution in [-0.2, 0) is 19.4 Å². The van der Waals surface area contributed by atoms with Gasteiger partial charge < -0.3 is 5.32 Å². The van der Waals surface area contributed by atoms with Gasteiger partial charge in [0.25, 0.3) is 11.5 Å². The van der Waals surface area contributed by atoms with Crippen molar-refractivity contribution in [2.45, 2.75) is 32.2 Å². The highest BCUT2D eigenvalue weighted by Gasteiger charge is 2.15. The average Bonchev–Trinajstić information content (AvgIpc) is 3.18. The summed E-state index contributed by atoms with van der Waals surface area (Å²) in [6.45, 7) is 0.440. The molecule has 1 amide bonds. The number of aryl methyl sites for hydroxylation is 2. The van der Waals surface area contributed by atoms with Gasteiger partial charge in [-0.1, -0.05) is 0 Å². The van der Waals surface area contributed by atoms with E-state index in [1.54, 1.807) is 6.07 Å². The summed E-state index contributed by atoms with van der Waals surface area (Å²) in [6.07, 6.45) is 3.87. The molecular weight excluding hydrogens is 380 g/mol. The van der Waals surface area contributed by atoms with Gasteiger partial charge >= 0.3 is 0 Å². The maximum Gasteiger partial charge on any atom is 0.269 e. The molecule has 29 heavy (non-hydrogen) atoms. The summed E-state index contributed by atoms with van der Waals surface area (Å²) in [5.41, 5.74) is 2.19. The predicted molar refractivity (Wildman–Crippen MR) is 101 cm³/mol. The van der Waals surface area contributed by atoms with Gasteiger partial charge in [0, 0.05) is 24.2 Å². The van der Waals surface area contributed by atoms with Crippen molar-refractivity contribution in [3.63, 3.8) is 0 Å². The van der Waals surface area contributed by atoms with Crippen molar-refractivity contribution in [2.24, 2.45) is 0 Å². The van der Waals surface area contributed by atoms with E-state index in [4.69, 9.17) is 0 Å². The van der Waals surface area contributed by atoms with Crippen LogP contribution in [0.2, 0.25) is 0 Å². The summed E-state index contributed by atoms with van der Waals surface area (Å²) in [6, 6.07) is 6.15. The van der Waals surface area contributed by atoms with Crippen LogP contribution < -0.4 is 10.9 Å². The fourth-order valence-corrected chi connectivity index (χ4v) is 3.40. The summed E-state index contributed by atoms with van der Waals surface area (Å²) in [5.74, 6) is -1.90. The second kappa shape index (κ2) is 7.94. The Kier molecular flexibility index (Phi) is 5.20. The molecule has 1 aliphatic carbocycles. The van der Waals surface area contributed by atoms with E-state index in [9.17, 15) is 18.4 Å². The smallest absolute Gasteiger partial charge is 0.269 e. The molecule has 0 bridgehead atoms. The molecule has 0 saturated carbocycles. The molecule has 150 valence electrons. The van der Waals surface area contributed by atoms with Crippen LogP contribution in [-0.4, -0.2) is 32.4 Å². The number of aromatic nitrogens is 4. The van der Waals surface area contributed by atoms with Gasteiger partial charge in [-0.15, -0.1) is 0 Å². The minimum absolute atomic E-state index is 0.0894. The zero-order chi connectivity index (χ0) is 20.4. The maximum atomic E-state index is 13.9. The molecule has 0 spiro atoms. The van der Waals surface area contributed by atoms with Gasteiger partial charge in [0.05, 0.1) is 17.9 Å². The van der Waals surface area contributed by atoms with Crippen LogP contribution >= 0.6 is 0 Å². The van der Waals surface area contributed by atoms with E-state index in [0.29, 0.717) is 0 Å². The van der Waals surface area contributed by atoms with E-state index in [0.717, 1.165) is 49.1 Å². The first-order valence-corrected chi connectivity index (χ1v) is 9.40. The number of hydrogen-bond donors (Lipinski definition) is 2. The van der Waals surface area contributed by atoms with Gasteiger partial charge in [-0.25, -0.2) is 13.5 Å². The number of aromatic amines is 1. The van der Waals surface area contributed by atoms with Crippen LogP contribution in [0.5, 0.6) is 0 Å². The third-order valence-electron chi connectivity index (χ3n) is 4.91. The number of amides is 1. The number of rotatable bonds is 5. The van der Waals surface area contributed by atoms with Gasteiger partial charge in [-0.2, -0.15) is 10.2 Å². The summed E-state index contributed by atoms with van der Waals surface area (Å²) >= 11 is 0. The van der Waals surface area contributed by atoms with Crippen LogP contribution in [0.4, 0.5) is 8.78 Å². The van der Waals surface area contributed by atoms with E-state index in [-0.39, 0.29) is 35.6 Å². The molecule has 0 atom stereocenters. The fraction of sp³-hybridized carbons (Fsp3) is 0.300. The third kappa shape index (κ3) is 4.08. The van der Waals surface area contributed by atoms with Gasteiger partial charge in [0.1, 0.15) is 17.3 Å². The molecule has 9 heteroatoms. The monoisotopic (exact) mass is 399 g/mol. The lowest BCUT2D eigenvalue weighted by Crippen LogP contribution is -2.33. The molecule has 2 aromatic heterocycles. The van der Waals surface area contributed by atoms with Crippen molar-refractivity contribution < 1.29 is 13.6 Å². The lowest BCUT2D eigenvalue weighted by molar-refractivity contribution is 0.0946. The highest BCUT2D eigenvalue weighted by molar-refractivity contribution is 5.93. The fourth-order valence-electron chi connectivity index (χ4n) is 3.40. The quantitative estimate of drug-likeness (QED) is 0.688. The molecule has 2 heterocycles. The normalized spacial score (nSPS) is 13.2. The second-order valence-corrected chi connectivity index (χ2v) is 6.93. The number of carbonyl (C=O) groups is 1. The predicted octanol–water partition coefficient (Wildman–Crippen LogP) is 2.22. The summed E-state index contributed by atoms with van der Waals surface area (Å²) < 4.78 is 28.3. The Morgan fingerprint density at radius 1 is 1.17 bits per heavy atom. The highest BCUT2D eigenvalue weighted by Crippen LogP contribution is 2.22. The molecule has 7 nitrogen and oxygen atoms in total. The van der Waals surface area contributed by atoms with Crippen LogP contribution in [0, 0.1) is 11.6 Å². The molecule has 0 aliphatic heterocycles. The third-order valence-corrected chi connectivity index (χ3v) is 4.91. The lowest BCUT2D eigenvalue weighted by atomic mass is 9.97. The Morgan fingerprint density at radius 3 is 2.83 bits per heavy atom. The van der Waals surface area contributed by atoms with Gasteiger partial charge in [-0.3, -0.25) is 14.7 Å². The molecule has 0 saturated heterocycles. The first kappa shape index (κ1) is 19.0. The Hall–Kier alpha value is -3.36. The summed E-state index contributed by atoms with van der Waals surface area (Å²) in [7, 11) is 0. The van der Waals surface area contributed by atoms with Crippen LogP contribution in [0.1, 0.15) is 34.6 Å². The van der Waals surface area contributed by atoms with Crippen molar-refractivity contribution in [1.29, 1.82) is 0 Å². The number of nitrogens with one attached hydrogen (secondary N) is 2. The van der Waals surface area contributed by atoms with Crippen molar-refractivity contribution in [1.82, 2.24) is 25.3 Å². The van der Waals surface area contributed by atoms with E-state index >= 15 is 0 Å². The number of halogens is 2. The van der Waals surface area contributed by atoms with Crippen LogP contribution in [0.3, 0.4) is 0 Å². The molecule has 1 aromatic carbocycles. The zero-order valence-electron chi connectivity index (χ0n) is 15.5. The second-order valence-electron chi connectivity index (χ2n) is 6.93. The molecule has 0 fully saturated rings. The number of nitrogens with zero attached hydrogens (tertiary/aromatic N) is 3. The summed E-state index contributed by atoms with van der Waals surface area (Å²) in [4.78, 5) is 24.5. The lowest BCUT2D eigenvalue weighted by Gasteiger charge is -2.15. The largest absolute Gasteiger partial charge is 0.349 e. The number of benzene rings is 1. The first-order valence-electron chi connectivity index (χ1n) is 9.40. The number of H-pyrrole nitrogens is 1. The van der Waals surface area contributed by atoms with E-state index in [1.165, 1.54) is 16.8 Å². The molecule has 0 radical (unpaired) electrons. The van der Waals surface area contributed by atoms with Crippen molar-refractivity contribution in [3.05, 3.63) is 69.3 Å². The van der Waals surface area contributed by atoms with Crippen molar-refractivity contribution in [3.8, 4) is 11.3 Å². The van der Waals surface area contributed by atoms with E-state index < -0.39 is 17.5 Å². The number of carbonyl (C=O) groups excluding carboxylic acids is 1. The van der Waals surface area contributed by atoms with E-state index in [2.05, 4.69) is 20.6 Å². The van der Waals surface area contributed by atoms with Crippen molar-refractivity contribution in [2.75, 3.05) is 6.54 Å². The maximum absolute atomic E-state index is 13.9. The summed E-state index contributed by atoms with van der Waals surface area (Å²) in [5, 5.41) is 13.5. The Balaban J connectivity index is 1.39. The molecular formula is C20H19F2N5O2.